The Kier molecular flexibility index (Phi) is 5.18. The molecule has 0 aliphatic heterocycles. The zero-order valence-electron chi connectivity index (χ0n) is 14.1. The summed E-state index contributed by atoms with van der Waals surface area (Å²) in [7, 11) is 1.54. The van der Waals surface area contributed by atoms with Gasteiger partial charge in [0.15, 0.2) is 18.2 Å². The van der Waals surface area contributed by atoms with Crippen molar-refractivity contribution in [3.8, 4) is 5.75 Å². The summed E-state index contributed by atoms with van der Waals surface area (Å²) in [6.45, 7) is 4.44. The lowest BCUT2D eigenvalue weighted by molar-refractivity contribution is 0.0468. The summed E-state index contributed by atoms with van der Waals surface area (Å²) < 4.78 is 10.1. The van der Waals surface area contributed by atoms with E-state index >= 15 is 0 Å². The van der Waals surface area contributed by atoms with Crippen LogP contribution in [-0.4, -0.2) is 36.2 Å². The summed E-state index contributed by atoms with van der Waals surface area (Å²) in [5.41, 5.74) is 2.23. The normalized spacial score (nSPS) is 10.3. The van der Waals surface area contributed by atoms with Gasteiger partial charge in [0.05, 0.1) is 7.11 Å². The molecule has 2 aromatic rings. The number of esters is 1. The maximum atomic E-state index is 12.2. The van der Waals surface area contributed by atoms with Gasteiger partial charge in [-0.05, 0) is 50.6 Å². The molecule has 2 rings (SSSR count). The molecule has 0 fully saturated rings. The lowest BCUT2D eigenvalue weighted by Crippen LogP contribution is -2.15. The smallest absolute Gasteiger partial charge is 0.355 e. The minimum atomic E-state index is -0.662. The summed E-state index contributed by atoms with van der Waals surface area (Å²) in [5.74, 6) is -0.476. The van der Waals surface area contributed by atoms with Gasteiger partial charge in [-0.15, -0.1) is 0 Å². The molecule has 6 nitrogen and oxygen atoms in total. The Morgan fingerprint density at radius 3 is 2.21 bits per heavy atom. The van der Waals surface area contributed by atoms with Crippen LogP contribution in [0.2, 0.25) is 0 Å². The zero-order chi connectivity index (χ0) is 17.9. The first-order valence-electron chi connectivity index (χ1n) is 7.39. The van der Waals surface area contributed by atoms with Crippen LogP contribution in [-0.2, 0) is 4.74 Å². The van der Waals surface area contributed by atoms with Gasteiger partial charge in [0.2, 0.25) is 0 Å². The summed E-state index contributed by atoms with van der Waals surface area (Å²) in [5, 5.41) is 0. The van der Waals surface area contributed by atoms with Gasteiger partial charge in [-0.2, -0.15) is 0 Å². The van der Waals surface area contributed by atoms with E-state index in [4.69, 9.17) is 9.47 Å². The SMILES string of the molecule is COc1ccc(C(=O)COC(=O)c2[nH]c(C)c(C(C)=O)c2C)cc1. The fourth-order valence-corrected chi connectivity index (χ4v) is 2.55. The van der Waals surface area contributed by atoms with E-state index in [9.17, 15) is 14.4 Å². The van der Waals surface area contributed by atoms with Crippen LogP contribution in [0.3, 0.4) is 0 Å². The van der Waals surface area contributed by atoms with E-state index in [2.05, 4.69) is 4.98 Å². The number of hydrogen-bond donors (Lipinski definition) is 1. The van der Waals surface area contributed by atoms with Crippen molar-refractivity contribution in [2.75, 3.05) is 13.7 Å². The number of aryl methyl sites for hydroxylation is 1. The maximum absolute atomic E-state index is 12.2. The fourth-order valence-electron chi connectivity index (χ4n) is 2.55. The lowest BCUT2D eigenvalue weighted by atomic mass is 10.1. The largest absolute Gasteiger partial charge is 0.497 e. The standard InChI is InChI=1S/C18H19NO5/c1-10-16(12(3)20)11(2)19-17(10)18(22)24-9-15(21)13-5-7-14(23-4)8-6-13/h5-8,19H,9H2,1-4H3. The van der Waals surface area contributed by atoms with Crippen LogP contribution in [0.25, 0.3) is 0 Å². The molecule has 6 heteroatoms. The zero-order valence-corrected chi connectivity index (χ0v) is 14.1. The van der Waals surface area contributed by atoms with Gasteiger partial charge in [-0.3, -0.25) is 9.59 Å². The second kappa shape index (κ2) is 7.12. The number of ether oxygens (including phenoxy) is 2. The third-order valence-corrected chi connectivity index (χ3v) is 3.74. The molecule has 1 aromatic carbocycles. The van der Waals surface area contributed by atoms with Crippen molar-refractivity contribution in [1.82, 2.24) is 4.98 Å². The molecular formula is C18H19NO5. The number of hydrogen-bond acceptors (Lipinski definition) is 5. The van der Waals surface area contributed by atoms with Gasteiger partial charge >= 0.3 is 5.97 Å². The van der Waals surface area contributed by atoms with Crippen molar-refractivity contribution in [1.29, 1.82) is 0 Å². The van der Waals surface area contributed by atoms with Crippen LogP contribution in [0.4, 0.5) is 0 Å². The Hall–Kier alpha value is -2.89. The Bertz CT molecular complexity index is 786. The van der Waals surface area contributed by atoms with Crippen molar-refractivity contribution < 1.29 is 23.9 Å². The molecule has 0 bridgehead atoms. The predicted molar refractivity (Wildman–Crippen MR) is 87.9 cm³/mol. The van der Waals surface area contributed by atoms with Crippen molar-refractivity contribution in [2.24, 2.45) is 0 Å². The van der Waals surface area contributed by atoms with E-state index in [-0.39, 0.29) is 23.9 Å². The quantitative estimate of drug-likeness (QED) is 0.650. The first-order chi connectivity index (χ1) is 11.3. The number of H-pyrrole nitrogens is 1. The van der Waals surface area contributed by atoms with E-state index in [0.717, 1.165) is 0 Å². The Morgan fingerprint density at radius 1 is 1.08 bits per heavy atom. The molecule has 0 amide bonds. The monoisotopic (exact) mass is 329 g/mol. The summed E-state index contributed by atoms with van der Waals surface area (Å²) in [6, 6.07) is 6.53. The highest BCUT2D eigenvalue weighted by Crippen LogP contribution is 2.19. The Labute approximate surface area is 139 Å². The number of nitrogens with one attached hydrogen (secondary N) is 1. The number of ketones is 2. The number of carbonyl (C=O) groups excluding carboxylic acids is 3. The molecule has 1 heterocycles. The molecule has 0 atom stereocenters. The van der Waals surface area contributed by atoms with Gasteiger partial charge in [-0.1, -0.05) is 0 Å². The summed E-state index contributed by atoms with van der Waals surface area (Å²) in [4.78, 5) is 38.7. The Morgan fingerprint density at radius 2 is 1.71 bits per heavy atom. The number of benzene rings is 1. The van der Waals surface area contributed by atoms with Gasteiger partial charge in [0.1, 0.15) is 11.4 Å². The van der Waals surface area contributed by atoms with Gasteiger partial charge in [-0.25, -0.2) is 4.79 Å². The number of rotatable bonds is 6. The van der Waals surface area contributed by atoms with Crippen LogP contribution in [0.1, 0.15) is 49.4 Å². The highest BCUT2D eigenvalue weighted by Gasteiger charge is 2.21. The van der Waals surface area contributed by atoms with Crippen LogP contribution >= 0.6 is 0 Å². The third-order valence-electron chi connectivity index (χ3n) is 3.74. The molecule has 0 saturated heterocycles. The fraction of sp³-hybridized carbons (Fsp3) is 0.278. The van der Waals surface area contributed by atoms with Gasteiger partial charge < -0.3 is 14.5 Å². The van der Waals surface area contributed by atoms with Crippen molar-refractivity contribution in [2.45, 2.75) is 20.8 Å². The molecule has 126 valence electrons. The highest BCUT2D eigenvalue weighted by molar-refractivity contribution is 6.02. The average Bonchev–Trinajstić information content (AvgIpc) is 2.87. The van der Waals surface area contributed by atoms with E-state index in [1.807, 2.05) is 0 Å². The lowest BCUT2D eigenvalue weighted by Gasteiger charge is -2.05. The molecule has 1 N–H and O–H groups in total. The van der Waals surface area contributed by atoms with E-state index in [1.54, 1.807) is 38.1 Å². The molecule has 0 aliphatic carbocycles. The highest BCUT2D eigenvalue weighted by atomic mass is 16.5. The second-order valence-electron chi connectivity index (χ2n) is 5.41. The predicted octanol–water partition coefficient (Wildman–Crippen LogP) is 2.88. The first-order valence-corrected chi connectivity index (χ1v) is 7.39. The Balaban J connectivity index is 2.06. The molecule has 0 spiro atoms. The molecule has 0 unspecified atom stereocenters. The molecule has 0 radical (unpaired) electrons. The molecule has 1 aromatic heterocycles. The third kappa shape index (κ3) is 3.53. The molecule has 24 heavy (non-hydrogen) atoms. The van der Waals surface area contributed by atoms with E-state index < -0.39 is 5.97 Å². The second-order valence-corrected chi connectivity index (χ2v) is 5.41. The maximum Gasteiger partial charge on any atom is 0.355 e. The van der Waals surface area contributed by atoms with Crippen molar-refractivity contribution in [3.63, 3.8) is 0 Å². The van der Waals surface area contributed by atoms with Crippen LogP contribution in [0.15, 0.2) is 24.3 Å². The molecule has 0 aliphatic rings. The van der Waals surface area contributed by atoms with Gasteiger partial charge in [0, 0.05) is 16.8 Å². The number of Topliss-reactive ketones (excluding diaryl/α,β-unsaturated/α-hetero) is 2. The number of carbonyl (C=O) groups is 3. The topological polar surface area (TPSA) is 85.5 Å². The van der Waals surface area contributed by atoms with Crippen LogP contribution < -0.4 is 4.74 Å². The average molecular weight is 329 g/mol. The van der Waals surface area contributed by atoms with Crippen LogP contribution in [0, 0.1) is 13.8 Å². The number of methoxy groups -OCH3 is 1. The van der Waals surface area contributed by atoms with Gasteiger partial charge in [0.25, 0.3) is 0 Å². The van der Waals surface area contributed by atoms with Crippen molar-refractivity contribution >= 4 is 17.5 Å². The summed E-state index contributed by atoms with van der Waals surface area (Å²) in [6.07, 6.45) is 0. The van der Waals surface area contributed by atoms with E-state index in [1.165, 1.54) is 14.0 Å². The van der Waals surface area contributed by atoms with Crippen molar-refractivity contribution in [3.05, 3.63) is 52.3 Å². The minimum absolute atomic E-state index is 0.130. The first kappa shape index (κ1) is 17.5. The molecular weight excluding hydrogens is 310 g/mol. The minimum Gasteiger partial charge on any atom is -0.497 e. The summed E-state index contributed by atoms with van der Waals surface area (Å²) >= 11 is 0. The molecule has 0 saturated carbocycles. The number of aromatic nitrogens is 1. The number of aromatic amines is 1. The van der Waals surface area contributed by atoms with Crippen LogP contribution in [0.5, 0.6) is 5.75 Å². The van der Waals surface area contributed by atoms with E-state index in [0.29, 0.717) is 28.1 Å².